The average Bonchev–Trinajstić information content (AvgIpc) is 3.35. The minimum atomic E-state index is -0.293. The zero-order valence-electron chi connectivity index (χ0n) is 17.7. The van der Waals surface area contributed by atoms with Crippen LogP contribution >= 0.6 is 23.2 Å². The summed E-state index contributed by atoms with van der Waals surface area (Å²) >= 11 is 11.9. The Balaban J connectivity index is 1.41. The Hall–Kier alpha value is -2.75. The van der Waals surface area contributed by atoms with Crippen molar-refractivity contribution in [2.24, 2.45) is 17.3 Å². The number of hydrogen-bond acceptors (Lipinski definition) is 3. The van der Waals surface area contributed by atoms with Gasteiger partial charge in [0.05, 0.1) is 5.92 Å². The van der Waals surface area contributed by atoms with Crippen molar-refractivity contribution in [1.29, 1.82) is 0 Å². The first-order valence-electron chi connectivity index (χ1n) is 10.5. The zero-order chi connectivity index (χ0) is 22.6. The second-order valence-corrected chi connectivity index (χ2v) is 9.31. The van der Waals surface area contributed by atoms with Crippen molar-refractivity contribution >= 4 is 29.2 Å². The van der Waals surface area contributed by atoms with Crippen LogP contribution in [0.1, 0.15) is 18.1 Å². The minimum absolute atomic E-state index is 0.0621. The van der Waals surface area contributed by atoms with Gasteiger partial charge in [-0.15, -0.1) is 0 Å². The van der Waals surface area contributed by atoms with Gasteiger partial charge in [-0.1, -0.05) is 90.8 Å². The van der Waals surface area contributed by atoms with E-state index in [9.17, 15) is 4.79 Å². The van der Waals surface area contributed by atoms with Gasteiger partial charge in [0.15, 0.2) is 0 Å². The molecule has 0 spiro atoms. The molecule has 0 radical (unpaired) electrons. The molecule has 164 valence electrons. The predicted molar refractivity (Wildman–Crippen MR) is 128 cm³/mol. The Bertz CT molecular complexity index is 1090. The first-order valence-corrected chi connectivity index (χ1v) is 11.3. The Kier molecular flexibility index (Phi) is 6.88. The molecule has 3 nitrogen and oxygen atoms in total. The lowest BCUT2D eigenvalue weighted by atomic mass is 9.94. The lowest BCUT2D eigenvalue weighted by Gasteiger charge is -2.12. The SMILES string of the molecule is CC1(Cc2ccccc2)C(C=C(Cl)Cl)C1C(=O)OCc1cccc(Oc2ccccc2)c1. The molecule has 0 aliphatic heterocycles. The Morgan fingerprint density at radius 3 is 2.22 bits per heavy atom. The molecule has 0 bridgehead atoms. The average molecular weight is 467 g/mol. The summed E-state index contributed by atoms with van der Waals surface area (Å²) in [6.07, 6.45) is 2.50. The van der Waals surface area contributed by atoms with E-state index in [1.54, 1.807) is 6.08 Å². The van der Waals surface area contributed by atoms with Gasteiger partial charge in [0.2, 0.25) is 0 Å². The summed E-state index contributed by atoms with van der Waals surface area (Å²) in [5.41, 5.74) is 1.74. The van der Waals surface area contributed by atoms with E-state index >= 15 is 0 Å². The summed E-state index contributed by atoms with van der Waals surface area (Å²) in [5.74, 6) is 0.851. The topological polar surface area (TPSA) is 35.5 Å². The molecule has 0 amide bonds. The Labute approximate surface area is 198 Å². The highest BCUT2D eigenvalue weighted by molar-refractivity contribution is 6.55. The third-order valence-electron chi connectivity index (χ3n) is 5.97. The fourth-order valence-corrected chi connectivity index (χ4v) is 4.54. The number of esters is 1. The third kappa shape index (κ3) is 5.35. The Morgan fingerprint density at radius 1 is 0.906 bits per heavy atom. The van der Waals surface area contributed by atoms with Crippen LogP contribution in [0.25, 0.3) is 0 Å². The summed E-state index contributed by atoms with van der Waals surface area (Å²) in [6.45, 7) is 2.26. The van der Waals surface area contributed by atoms with E-state index in [2.05, 4.69) is 19.1 Å². The van der Waals surface area contributed by atoms with Gasteiger partial charge in [-0.05, 0) is 59.2 Å². The van der Waals surface area contributed by atoms with Crippen molar-refractivity contribution < 1.29 is 14.3 Å². The fourth-order valence-electron chi connectivity index (χ4n) is 4.27. The molecule has 3 aromatic carbocycles. The van der Waals surface area contributed by atoms with E-state index in [1.165, 1.54) is 5.56 Å². The van der Waals surface area contributed by atoms with Crippen LogP contribution in [0.4, 0.5) is 0 Å². The maximum Gasteiger partial charge on any atom is 0.310 e. The highest BCUT2D eigenvalue weighted by Crippen LogP contribution is 2.62. The Morgan fingerprint density at radius 2 is 1.53 bits per heavy atom. The number of halogens is 2. The minimum Gasteiger partial charge on any atom is -0.461 e. The molecule has 1 aliphatic carbocycles. The van der Waals surface area contributed by atoms with Gasteiger partial charge in [0, 0.05) is 0 Å². The number of ether oxygens (including phenoxy) is 2. The molecule has 4 rings (SSSR count). The molecule has 3 aromatic rings. The van der Waals surface area contributed by atoms with Gasteiger partial charge >= 0.3 is 5.97 Å². The first-order chi connectivity index (χ1) is 15.5. The van der Waals surface area contributed by atoms with Crippen LogP contribution in [-0.2, 0) is 22.6 Å². The summed E-state index contributed by atoms with van der Waals surface area (Å²) in [7, 11) is 0. The molecule has 1 aliphatic rings. The largest absolute Gasteiger partial charge is 0.461 e. The van der Waals surface area contributed by atoms with Gasteiger partial charge in [0.1, 0.15) is 22.6 Å². The molecule has 0 N–H and O–H groups in total. The highest BCUT2D eigenvalue weighted by Gasteiger charge is 2.64. The number of benzene rings is 3. The van der Waals surface area contributed by atoms with E-state index in [0.717, 1.165) is 17.7 Å². The van der Waals surface area contributed by atoms with Crippen molar-refractivity contribution in [2.45, 2.75) is 20.0 Å². The smallest absolute Gasteiger partial charge is 0.310 e. The predicted octanol–water partition coefficient (Wildman–Crippen LogP) is 7.34. The molecule has 0 heterocycles. The monoisotopic (exact) mass is 466 g/mol. The van der Waals surface area contributed by atoms with Crippen molar-refractivity contribution in [3.63, 3.8) is 0 Å². The van der Waals surface area contributed by atoms with Crippen molar-refractivity contribution in [2.75, 3.05) is 0 Å². The summed E-state index contributed by atoms with van der Waals surface area (Å²) in [5, 5.41) is 0. The van der Waals surface area contributed by atoms with Gasteiger partial charge in [-0.3, -0.25) is 4.79 Å². The number of para-hydroxylation sites is 1. The van der Waals surface area contributed by atoms with E-state index in [4.69, 9.17) is 32.7 Å². The summed E-state index contributed by atoms with van der Waals surface area (Å²) in [6, 6.07) is 27.2. The molecule has 3 atom stereocenters. The fraction of sp³-hybridized carbons (Fsp3) is 0.222. The van der Waals surface area contributed by atoms with Crippen LogP contribution in [-0.4, -0.2) is 5.97 Å². The van der Waals surface area contributed by atoms with E-state index in [0.29, 0.717) is 5.75 Å². The molecule has 0 aromatic heterocycles. The number of allylic oxidation sites excluding steroid dienone is 1. The molecule has 5 heteroatoms. The highest BCUT2D eigenvalue weighted by atomic mass is 35.5. The van der Waals surface area contributed by atoms with Crippen LogP contribution < -0.4 is 4.74 Å². The zero-order valence-corrected chi connectivity index (χ0v) is 19.2. The van der Waals surface area contributed by atoms with Gasteiger partial charge in [0.25, 0.3) is 0 Å². The van der Waals surface area contributed by atoms with Crippen LogP contribution in [0.5, 0.6) is 11.5 Å². The van der Waals surface area contributed by atoms with Gasteiger partial charge in [-0.2, -0.15) is 0 Å². The van der Waals surface area contributed by atoms with Crippen molar-refractivity contribution in [3.8, 4) is 11.5 Å². The standard InChI is InChI=1S/C27H24Cl2O3/c1-27(17-19-9-4-2-5-10-19)23(16-24(28)29)25(27)26(30)31-18-20-11-8-14-22(15-20)32-21-12-6-3-7-13-21/h2-16,23,25H,17-18H2,1H3. The lowest BCUT2D eigenvalue weighted by Crippen LogP contribution is -2.13. The molecular formula is C27H24Cl2O3. The van der Waals surface area contributed by atoms with Crippen LogP contribution in [0.2, 0.25) is 0 Å². The summed E-state index contributed by atoms with van der Waals surface area (Å²) < 4.78 is 11.7. The third-order valence-corrected chi connectivity index (χ3v) is 6.22. The molecule has 32 heavy (non-hydrogen) atoms. The lowest BCUT2D eigenvalue weighted by molar-refractivity contribution is -0.147. The van der Waals surface area contributed by atoms with Crippen molar-refractivity contribution in [3.05, 3.63) is 107 Å². The van der Waals surface area contributed by atoms with Crippen molar-refractivity contribution in [1.82, 2.24) is 0 Å². The maximum absolute atomic E-state index is 13.0. The number of rotatable bonds is 8. The quantitative estimate of drug-likeness (QED) is 0.325. The number of carbonyl (C=O) groups excluding carboxylic acids is 1. The maximum atomic E-state index is 13.0. The van der Waals surface area contributed by atoms with Crippen LogP contribution in [0, 0.1) is 17.3 Å². The number of hydrogen-bond donors (Lipinski definition) is 0. The normalized spacial score (nSPS) is 21.5. The molecule has 1 fully saturated rings. The second-order valence-electron chi connectivity index (χ2n) is 8.30. The molecule has 3 unspecified atom stereocenters. The van der Waals surface area contributed by atoms with Gasteiger partial charge in [-0.25, -0.2) is 0 Å². The molecule has 1 saturated carbocycles. The van der Waals surface area contributed by atoms with Gasteiger partial charge < -0.3 is 9.47 Å². The first kappa shape index (κ1) is 22.4. The summed E-state index contributed by atoms with van der Waals surface area (Å²) in [4.78, 5) is 13.0. The number of carbonyl (C=O) groups is 1. The van der Waals surface area contributed by atoms with Crippen LogP contribution in [0.15, 0.2) is 95.5 Å². The second kappa shape index (κ2) is 9.81. The van der Waals surface area contributed by atoms with E-state index in [1.807, 2.05) is 72.8 Å². The molecular weight excluding hydrogens is 443 g/mol. The van der Waals surface area contributed by atoms with Crippen LogP contribution in [0.3, 0.4) is 0 Å². The van der Waals surface area contributed by atoms with E-state index in [-0.39, 0.29) is 34.3 Å². The van der Waals surface area contributed by atoms with E-state index < -0.39 is 0 Å². The molecule has 0 saturated heterocycles.